The Balaban J connectivity index is 2.74. The van der Waals surface area contributed by atoms with E-state index in [4.69, 9.17) is 0 Å². The highest BCUT2D eigenvalue weighted by molar-refractivity contribution is 7.98. The van der Waals surface area contributed by atoms with Gasteiger partial charge in [-0.2, -0.15) is 16.9 Å². The van der Waals surface area contributed by atoms with Crippen molar-refractivity contribution < 1.29 is 0 Å². The smallest absolute Gasteiger partial charge is 0.0644 e. The molecule has 1 unspecified atom stereocenters. The monoisotopic (exact) mass is 241 g/mol. The van der Waals surface area contributed by atoms with Crippen LogP contribution >= 0.6 is 11.8 Å². The number of nitrogens with one attached hydrogen (secondary N) is 1. The predicted octanol–water partition coefficient (Wildman–Crippen LogP) is 2.53. The molecule has 1 aromatic heterocycles. The molecular weight excluding hydrogens is 218 g/mol. The molecule has 1 heterocycles. The van der Waals surface area contributed by atoms with Crippen LogP contribution in [0.4, 0.5) is 0 Å². The molecule has 0 aliphatic rings. The lowest BCUT2D eigenvalue weighted by atomic mass is 10.1. The van der Waals surface area contributed by atoms with Gasteiger partial charge in [0.1, 0.15) is 0 Å². The molecule has 16 heavy (non-hydrogen) atoms. The van der Waals surface area contributed by atoms with Crippen molar-refractivity contribution in [3.05, 3.63) is 17.0 Å². The molecule has 0 fully saturated rings. The van der Waals surface area contributed by atoms with E-state index in [1.165, 1.54) is 11.3 Å². The SMILES string of the molecule is CCn1nc(C)c(C(C)NCCSC)c1C. The van der Waals surface area contributed by atoms with Crippen LogP contribution in [0.3, 0.4) is 0 Å². The van der Waals surface area contributed by atoms with Gasteiger partial charge in [0.15, 0.2) is 0 Å². The summed E-state index contributed by atoms with van der Waals surface area (Å²) in [6.45, 7) is 10.6. The minimum Gasteiger partial charge on any atom is -0.309 e. The summed E-state index contributed by atoms with van der Waals surface area (Å²) in [4.78, 5) is 0. The number of nitrogens with zero attached hydrogens (tertiary/aromatic N) is 2. The molecule has 0 aromatic carbocycles. The fourth-order valence-corrected chi connectivity index (χ4v) is 2.45. The number of hydrogen-bond acceptors (Lipinski definition) is 3. The Morgan fingerprint density at radius 1 is 1.44 bits per heavy atom. The van der Waals surface area contributed by atoms with E-state index < -0.39 is 0 Å². The standard InChI is InChI=1S/C12H23N3S/c1-6-15-11(4)12(10(3)14-15)9(2)13-7-8-16-5/h9,13H,6-8H2,1-5H3. The molecule has 1 N–H and O–H groups in total. The lowest BCUT2D eigenvalue weighted by Crippen LogP contribution is -2.22. The summed E-state index contributed by atoms with van der Waals surface area (Å²) < 4.78 is 2.08. The molecule has 3 nitrogen and oxygen atoms in total. The maximum atomic E-state index is 4.55. The number of thioether (sulfide) groups is 1. The first-order chi connectivity index (χ1) is 7.61. The maximum Gasteiger partial charge on any atom is 0.0644 e. The van der Waals surface area contributed by atoms with E-state index >= 15 is 0 Å². The summed E-state index contributed by atoms with van der Waals surface area (Å²) in [5.74, 6) is 1.16. The van der Waals surface area contributed by atoms with E-state index in [-0.39, 0.29) is 0 Å². The molecule has 1 atom stereocenters. The van der Waals surface area contributed by atoms with Crippen LogP contribution in [-0.2, 0) is 6.54 Å². The molecule has 4 heteroatoms. The van der Waals surface area contributed by atoms with Crippen LogP contribution in [0.25, 0.3) is 0 Å². The van der Waals surface area contributed by atoms with Crippen molar-refractivity contribution in [3.8, 4) is 0 Å². The molecule has 0 aliphatic heterocycles. The molecule has 0 spiro atoms. The third-order valence-corrected chi connectivity index (χ3v) is 3.54. The fourth-order valence-electron chi connectivity index (χ4n) is 2.12. The molecule has 0 amide bonds. The topological polar surface area (TPSA) is 29.9 Å². The van der Waals surface area contributed by atoms with Crippen LogP contribution in [0.2, 0.25) is 0 Å². The average Bonchev–Trinajstić information content (AvgIpc) is 2.54. The number of hydrogen-bond donors (Lipinski definition) is 1. The summed E-state index contributed by atoms with van der Waals surface area (Å²) in [5, 5.41) is 8.09. The quantitative estimate of drug-likeness (QED) is 0.776. The average molecular weight is 241 g/mol. The van der Waals surface area contributed by atoms with E-state index in [2.05, 4.69) is 49.0 Å². The van der Waals surface area contributed by atoms with Gasteiger partial charge in [0, 0.05) is 36.1 Å². The van der Waals surface area contributed by atoms with E-state index in [9.17, 15) is 0 Å². The highest BCUT2D eigenvalue weighted by atomic mass is 32.2. The van der Waals surface area contributed by atoms with Crippen molar-refractivity contribution in [2.24, 2.45) is 0 Å². The minimum atomic E-state index is 0.396. The van der Waals surface area contributed by atoms with Gasteiger partial charge >= 0.3 is 0 Å². The van der Waals surface area contributed by atoms with E-state index in [0.717, 1.165) is 24.5 Å². The Hall–Kier alpha value is -0.480. The van der Waals surface area contributed by atoms with Gasteiger partial charge in [-0.15, -0.1) is 0 Å². The van der Waals surface area contributed by atoms with Crippen molar-refractivity contribution in [1.29, 1.82) is 0 Å². The van der Waals surface area contributed by atoms with Gasteiger partial charge < -0.3 is 5.32 Å². The van der Waals surface area contributed by atoms with E-state index in [0.29, 0.717) is 6.04 Å². The Morgan fingerprint density at radius 3 is 2.62 bits per heavy atom. The van der Waals surface area contributed by atoms with Crippen molar-refractivity contribution >= 4 is 11.8 Å². The van der Waals surface area contributed by atoms with Crippen LogP contribution in [0, 0.1) is 13.8 Å². The molecule has 0 radical (unpaired) electrons. The van der Waals surface area contributed by atoms with Crippen LogP contribution in [0.5, 0.6) is 0 Å². The van der Waals surface area contributed by atoms with Crippen molar-refractivity contribution in [2.45, 2.75) is 40.3 Å². The van der Waals surface area contributed by atoms with Gasteiger partial charge in [-0.05, 0) is 34.0 Å². The number of rotatable bonds is 6. The fraction of sp³-hybridized carbons (Fsp3) is 0.750. The molecule has 92 valence electrons. The lowest BCUT2D eigenvalue weighted by molar-refractivity contribution is 0.590. The first kappa shape index (κ1) is 13.6. The second kappa shape index (κ2) is 6.30. The number of aromatic nitrogens is 2. The van der Waals surface area contributed by atoms with Gasteiger partial charge in [-0.3, -0.25) is 4.68 Å². The highest BCUT2D eigenvalue weighted by Crippen LogP contribution is 2.21. The van der Waals surface area contributed by atoms with Crippen molar-refractivity contribution in [1.82, 2.24) is 15.1 Å². The summed E-state index contributed by atoms with van der Waals surface area (Å²) in [7, 11) is 0. The second-order valence-electron chi connectivity index (χ2n) is 4.07. The Bertz CT molecular complexity index is 333. The van der Waals surface area contributed by atoms with Crippen LogP contribution in [0.1, 0.15) is 36.8 Å². The summed E-state index contributed by atoms with van der Waals surface area (Å²) in [5.41, 5.74) is 3.82. The summed E-state index contributed by atoms with van der Waals surface area (Å²) >= 11 is 1.87. The van der Waals surface area contributed by atoms with Gasteiger partial charge in [0.2, 0.25) is 0 Å². The van der Waals surface area contributed by atoms with Crippen molar-refractivity contribution in [2.75, 3.05) is 18.6 Å². The summed E-state index contributed by atoms with van der Waals surface area (Å²) in [6.07, 6.45) is 2.14. The first-order valence-corrected chi connectivity index (χ1v) is 7.27. The van der Waals surface area contributed by atoms with Crippen LogP contribution < -0.4 is 5.32 Å². The highest BCUT2D eigenvalue weighted by Gasteiger charge is 2.15. The molecular formula is C12H23N3S. The maximum absolute atomic E-state index is 4.55. The third-order valence-electron chi connectivity index (χ3n) is 2.93. The number of aryl methyl sites for hydroxylation is 2. The lowest BCUT2D eigenvalue weighted by Gasteiger charge is -2.14. The normalized spacial score (nSPS) is 13.1. The predicted molar refractivity (Wildman–Crippen MR) is 72.2 cm³/mol. The van der Waals surface area contributed by atoms with Crippen LogP contribution in [-0.4, -0.2) is 28.3 Å². The Labute approximate surface area is 103 Å². The Kier molecular flexibility index (Phi) is 5.35. The molecule has 0 saturated heterocycles. The second-order valence-corrected chi connectivity index (χ2v) is 5.05. The Morgan fingerprint density at radius 2 is 2.12 bits per heavy atom. The molecule has 1 rings (SSSR count). The van der Waals surface area contributed by atoms with Gasteiger partial charge in [-0.1, -0.05) is 0 Å². The van der Waals surface area contributed by atoms with Gasteiger partial charge in [0.05, 0.1) is 5.69 Å². The van der Waals surface area contributed by atoms with Crippen molar-refractivity contribution in [3.63, 3.8) is 0 Å². The van der Waals surface area contributed by atoms with Gasteiger partial charge in [-0.25, -0.2) is 0 Å². The molecule has 0 saturated carbocycles. The van der Waals surface area contributed by atoms with E-state index in [1.807, 2.05) is 11.8 Å². The third kappa shape index (κ3) is 3.01. The van der Waals surface area contributed by atoms with Gasteiger partial charge in [0.25, 0.3) is 0 Å². The zero-order valence-electron chi connectivity index (χ0n) is 11.0. The molecule has 1 aromatic rings. The summed E-state index contributed by atoms with van der Waals surface area (Å²) in [6, 6.07) is 0.396. The minimum absolute atomic E-state index is 0.396. The molecule has 0 aliphatic carbocycles. The van der Waals surface area contributed by atoms with Crippen LogP contribution in [0.15, 0.2) is 0 Å². The largest absolute Gasteiger partial charge is 0.309 e. The zero-order valence-corrected chi connectivity index (χ0v) is 11.8. The zero-order chi connectivity index (χ0) is 12.1. The molecule has 0 bridgehead atoms. The first-order valence-electron chi connectivity index (χ1n) is 5.88. The van der Waals surface area contributed by atoms with E-state index in [1.54, 1.807) is 0 Å².